The Morgan fingerprint density at radius 3 is 2.34 bits per heavy atom. The lowest BCUT2D eigenvalue weighted by Gasteiger charge is -2.07. The average Bonchev–Trinajstić information content (AvgIpc) is 3.20. The van der Waals surface area contributed by atoms with Gasteiger partial charge in [-0.25, -0.2) is 0 Å². The third-order valence-corrected chi connectivity index (χ3v) is 6.20. The second kappa shape index (κ2) is 10.5. The first-order chi connectivity index (χ1) is 17.0. The summed E-state index contributed by atoms with van der Waals surface area (Å²) in [6.45, 7) is 0. The van der Waals surface area contributed by atoms with Crippen LogP contribution in [0.2, 0.25) is 0 Å². The summed E-state index contributed by atoms with van der Waals surface area (Å²) in [4.78, 5) is 26.6. The highest BCUT2D eigenvalue weighted by atomic mass is 32.1. The van der Waals surface area contributed by atoms with Crippen molar-refractivity contribution >= 4 is 34.6 Å². The van der Waals surface area contributed by atoms with E-state index in [1.54, 1.807) is 67.8 Å². The molecule has 0 spiro atoms. The molecule has 1 heterocycles. The largest absolute Gasteiger partial charge is 0.497 e. The van der Waals surface area contributed by atoms with E-state index in [-0.39, 0.29) is 15.8 Å². The number of hydrogen-bond acceptors (Lipinski definition) is 6. The van der Waals surface area contributed by atoms with Crippen LogP contribution < -0.4 is 29.5 Å². The monoisotopic (exact) mass is 483 g/mol. The Bertz CT molecular complexity index is 1600. The minimum absolute atomic E-state index is 0.177. The first-order valence-corrected chi connectivity index (χ1v) is 11.4. The number of benzene rings is 3. The number of aromatic nitrogens is 1. The van der Waals surface area contributed by atoms with Gasteiger partial charge in [0.25, 0.3) is 11.5 Å². The highest BCUT2D eigenvalue weighted by molar-refractivity contribution is 7.07. The lowest BCUT2D eigenvalue weighted by molar-refractivity contribution is -0.111. The van der Waals surface area contributed by atoms with Crippen LogP contribution in [-0.4, -0.2) is 24.7 Å². The highest BCUT2D eigenvalue weighted by Crippen LogP contribution is 2.17. The zero-order valence-corrected chi connectivity index (χ0v) is 19.8. The fourth-order valence-corrected chi connectivity index (χ4v) is 4.54. The summed E-state index contributed by atoms with van der Waals surface area (Å²) in [6.07, 6.45) is 1.72. The minimum Gasteiger partial charge on any atom is -0.497 e. The molecule has 1 aromatic heterocycles. The van der Waals surface area contributed by atoms with Crippen molar-refractivity contribution in [2.24, 2.45) is 0 Å². The molecule has 0 bridgehead atoms. The predicted molar refractivity (Wildman–Crippen MR) is 136 cm³/mol. The number of para-hydroxylation sites is 1. The Balaban J connectivity index is 1.92. The summed E-state index contributed by atoms with van der Waals surface area (Å²) in [5.74, 6) is 0.592. The van der Waals surface area contributed by atoms with Gasteiger partial charge in [-0.05, 0) is 48.0 Å². The molecule has 0 fully saturated rings. The molecule has 0 aliphatic heterocycles. The van der Waals surface area contributed by atoms with Crippen LogP contribution in [0.1, 0.15) is 5.56 Å². The fraction of sp³-hybridized carbons (Fsp3) is 0.0741. The number of rotatable bonds is 6. The zero-order chi connectivity index (χ0) is 24.8. The normalized spacial score (nSPS) is 12.0. The van der Waals surface area contributed by atoms with E-state index in [1.807, 2.05) is 30.3 Å². The van der Waals surface area contributed by atoms with Gasteiger partial charge in [0.05, 0.1) is 24.4 Å². The Kier molecular flexibility index (Phi) is 7.10. The maximum Gasteiger partial charge on any atom is 0.273 e. The molecule has 0 saturated carbocycles. The van der Waals surface area contributed by atoms with Crippen LogP contribution in [0.5, 0.6) is 11.5 Å². The second-order valence-electron chi connectivity index (χ2n) is 7.34. The van der Waals surface area contributed by atoms with Crippen molar-refractivity contribution in [1.82, 2.24) is 4.57 Å². The van der Waals surface area contributed by atoms with Crippen LogP contribution in [-0.2, 0) is 4.79 Å². The first-order valence-electron chi connectivity index (χ1n) is 10.6. The maximum atomic E-state index is 13.5. The van der Waals surface area contributed by atoms with Gasteiger partial charge in [0, 0.05) is 11.8 Å². The molecule has 1 amide bonds. The molecule has 0 saturated heterocycles. The fourth-order valence-electron chi connectivity index (χ4n) is 3.43. The van der Waals surface area contributed by atoms with Crippen molar-refractivity contribution < 1.29 is 14.3 Å². The van der Waals surface area contributed by atoms with Gasteiger partial charge in [-0.2, -0.15) is 5.26 Å². The van der Waals surface area contributed by atoms with Gasteiger partial charge in [-0.1, -0.05) is 36.4 Å². The standard InChI is InChI=1S/C27H21N3O4S/c1-33-21-12-6-8-18(14-21)15-24-26(32)30(20-10-4-3-5-11-20)27(35-24)23(17-28)25(31)29-19-9-7-13-22(16-19)34-2/h3-16H,1-2H3,(H,29,31)/b24-15+,27-23+. The van der Waals surface area contributed by atoms with Gasteiger partial charge >= 0.3 is 0 Å². The molecule has 4 rings (SSSR count). The van der Waals surface area contributed by atoms with Crippen molar-refractivity contribution in [3.63, 3.8) is 0 Å². The summed E-state index contributed by atoms with van der Waals surface area (Å²) in [5.41, 5.74) is 1.27. The number of carbonyl (C=O) groups is 1. The van der Waals surface area contributed by atoms with Gasteiger partial charge < -0.3 is 14.8 Å². The maximum absolute atomic E-state index is 13.5. The minimum atomic E-state index is -0.625. The molecule has 0 aliphatic rings. The first kappa shape index (κ1) is 23.5. The molecule has 3 aromatic carbocycles. The number of amides is 1. The van der Waals surface area contributed by atoms with Crippen LogP contribution in [0.15, 0.2) is 83.7 Å². The van der Waals surface area contributed by atoms with E-state index in [1.165, 1.54) is 11.7 Å². The van der Waals surface area contributed by atoms with E-state index in [9.17, 15) is 14.9 Å². The van der Waals surface area contributed by atoms with Crippen LogP contribution in [0.4, 0.5) is 5.69 Å². The van der Waals surface area contributed by atoms with E-state index < -0.39 is 5.91 Å². The Morgan fingerprint density at radius 1 is 0.971 bits per heavy atom. The number of nitriles is 1. The van der Waals surface area contributed by atoms with Gasteiger partial charge in [-0.15, -0.1) is 11.3 Å². The number of anilines is 1. The SMILES string of the molecule is COc1cccc(/C=c2/s/c(=C(\C#N)C(=O)Nc3cccc(OC)c3)n(-c3ccccc3)c2=O)c1. The number of methoxy groups -OCH3 is 2. The summed E-state index contributed by atoms with van der Waals surface area (Å²) in [6, 6.07) is 25.0. The van der Waals surface area contributed by atoms with E-state index in [0.29, 0.717) is 27.4 Å². The van der Waals surface area contributed by atoms with Crippen molar-refractivity contribution in [2.75, 3.05) is 19.5 Å². The Hall–Kier alpha value is -4.61. The van der Waals surface area contributed by atoms with E-state index in [0.717, 1.165) is 16.9 Å². The van der Waals surface area contributed by atoms with Crippen molar-refractivity contribution in [1.29, 1.82) is 5.26 Å². The third-order valence-electron chi connectivity index (χ3n) is 5.11. The van der Waals surface area contributed by atoms with Gasteiger partial charge in [-0.3, -0.25) is 14.2 Å². The second-order valence-corrected chi connectivity index (χ2v) is 8.37. The molecule has 8 heteroatoms. The molecule has 174 valence electrons. The van der Waals surface area contributed by atoms with Crippen LogP contribution in [0.3, 0.4) is 0 Å². The van der Waals surface area contributed by atoms with Crippen LogP contribution >= 0.6 is 11.3 Å². The lowest BCUT2D eigenvalue weighted by Crippen LogP contribution is -2.32. The summed E-state index contributed by atoms with van der Waals surface area (Å²) >= 11 is 1.08. The van der Waals surface area contributed by atoms with Crippen molar-refractivity contribution in [2.45, 2.75) is 0 Å². The number of nitrogens with one attached hydrogen (secondary N) is 1. The van der Waals surface area contributed by atoms with Gasteiger partial charge in [0.1, 0.15) is 22.2 Å². The lowest BCUT2D eigenvalue weighted by atomic mass is 10.2. The number of ether oxygens (including phenoxy) is 2. The molecule has 7 nitrogen and oxygen atoms in total. The Labute approximate surface area is 205 Å². The summed E-state index contributed by atoms with van der Waals surface area (Å²) in [5, 5.41) is 12.7. The predicted octanol–water partition coefficient (Wildman–Crippen LogP) is 3.06. The summed E-state index contributed by atoms with van der Waals surface area (Å²) in [7, 11) is 3.10. The third kappa shape index (κ3) is 5.16. The number of carbonyl (C=O) groups excluding carboxylic acids is 1. The molecular weight excluding hydrogens is 462 g/mol. The molecule has 0 atom stereocenters. The van der Waals surface area contributed by atoms with E-state index in [4.69, 9.17) is 9.47 Å². The molecular formula is C27H21N3O4S. The molecule has 0 aliphatic carbocycles. The van der Waals surface area contributed by atoms with E-state index >= 15 is 0 Å². The van der Waals surface area contributed by atoms with Gasteiger partial charge in [0.15, 0.2) is 5.57 Å². The highest BCUT2D eigenvalue weighted by Gasteiger charge is 2.17. The van der Waals surface area contributed by atoms with Crippen molar-refractivity contribution in [3.05, 3.63) is 104 Å². The quantitative estimate of drug-likeness (QED) is 0.455. The summed E-state index contributed by atoms with van der Waals surface area (Å²) < 4.78 is 12.5. The smallest absolute Gasteiger partial charge is 0.273 e. The van der Waals surface area contributed by atoms with Crippen molar-refractivity contribution in [3.8, 4) is 23.3 Å². The molecule has 1 N–H and O–H groups in total. The number of hydrogen-bond donors (Lipinski definition) is 1. The van der Waals surface area contributed by atoms with Crippen LogP contribution in [0.25, 0.3) is 17.3 Å². The molecule has 0 unspecified atom stereocenters. The number of thiazole rings is 1. The average molecular weight is 484 g/mol. The number of nitrogens with zero attached hydrogens (tertiary/aromatic N) is 2. The Morgan fingerprint density at radius 2 is 1.66 bits per heavy atom. The zero-order valence-electron chi connectivity index (χ0n) is 19.0. The molecule has 0 radical (unpaired) electrons. The molecule has 4 aromatic rings. The molecule has 35 heavy (non-hydrogen) atoms. The van der Waals surface area contributed by atoms with E-state index in [2.05, 4.69) is 5.32 Å². The van der Waals surface area contributed by atoms with Crippen LogP contribution in [0, 0.1) is 11.3 Å². The topological polar surface area (TPSA) is 93.3 Å². The van der Waals surface area contributed by atoms with Gasteiger partial charge in [0.2, 0.25) is 0 Å².